The highest BCUT2D eigenvalue weighted by atomic mass is 28.5. The molecule has 0 aliphatic carbocycles. The first-order valence-corrected chi connectivity index (χ1v) is 10.0. The lowest BCUT2D eigenvalue weighted by Crippen LogP contribution is -2.13. The van der Waals surface area contributed by atoms with Crippen LogP contribution in [0.1, 0.15) is 71.1 Å². The van der Waals surface area contributed by atoms with Crippen molar-refractivity contribution >= 4 is 9.08 Å². The molecule has 0 spiro atoms. The molecular formula is C16H31F3OSi. The molecule has 0 aromatic rings. The maximum Gasteiger partial charge on any atom is 0.616 e. The van der Waals surface area contributed by atoms with Crippen LogP contribution in [0.2, 0.25) is 6.04 Å². The van der Waals surface area contributed by atoms with Crippen molar-refractivity contribution in [3.05, 3.63) is 12.2 Å². The van der Waals surface area contributed by atoms with Gasteiger partial charge in [0.25, 0.3) is 0 Å². The van der Waals surface area contributed by atoms with Crippen LogP contribution >= 0.6 is 0 Å². The molecule has 0 saturated heterocycles. The molecule has 0 bridgehead atoms. The van der Waals surface area contributed by atoms with Crippen LogP contribution in [0.25, 0.3) is 0 Å². The van der Waals surface area contributed by atoms with Gasteiger partial charge in [-0.05, 0) is 19.8 Å². The van der Waals surface area contributed by atoms with Crippen LogP contribution in [-0.4, -0.2) is 22.3 Å². The van der Waals surface area contributed by atoms with Crippen LogP contribution in [0.15, 0.2) is 12.2 Å². The molecule has 0 radical (unpaired) electrons. The maximum absolute atomic E-state index is 12.0. The number of hydrogen-bond acceptors (Lipinski definition) is 1. The van der Waals surface area contributed by atoms with Crippen molar-refractivity contribution in [2.75, 3.05) is 13.2 Å². The minimum Gasteiger partial charge on any atom is -0.377 e. The summed E-state index contributed by atoms with van der Waals surface area (Å²) in [7, 11) is -5.28. The molecule has 0 atom stereocenters. The second-order valence-corrected chi connectivity index (χ2v) is 7.64. The fourth-order valence-electron chi connectivity index (χ4n) is 2.19. The minimum atomic E-state index is -5.28. The second-order valence-electron chi connectivity index (χ2n) is 5.91. The van der Waals surface area contributed by atoms with Gasteiger partial charge >= 0.3 is 9.08 Å². The molecule has 0 aliphatic heterocycles. The molecule has 0 amide bonds. The number of rotatable bonds is 15. The average Bonchev–Trinajstić information content (AvgIpc) is 2.37. The van der Waals surface area contributed by atoms with Gasteiger partial charge in [-0.3, -0.25) is 0 Å². The molecule has 0 N–H and O–H groups in total. The Hall–Kier alpha value is -0.293. The van der Waals surface area contributed by atoms with E-state index in [1.165, 1.54) is 25.7 Å². The average molecular weight is 325 g/mol. The molecule has 21 heavy (non-hydrogen) atoms. The summed E-state index contributed by atoms with van der Waals surface area (Å²) in [6, 6.07) is -0.486. The van der Waals surface area contributed by atoms with Gasteiger partial charge in [0.2, 0.25) is 0 Å². The zero-order valence-corrected chi connectivity index (χ0v) is 14.4. The molecule has 0 aromatic heterocycles. The van der Waals surface area contributed by atoms with E-state index in [0.29, 0.717) is 13.0 Å². The lowest BCUT2D eigenvalue weighted by molar-refractivity contribution is 0.151. The van der Waals surface area contributed by atoms with Crippen molar-refractivity contribution in [3.63, 3.8) is 0 Å². The SMILES string of the molecule is C=C(C)COCCCCCCCCCCCC[Si](F)(F)F. The summed E-state index contributed by atoms with van der Waals surface area (Å²) >= 11 is 0. The van der Waals surface area contributed by atoms with E-state index in [1.54, 1.807) is 0 Å². The van der Waals surface area contributed by atoms with Gasteiger partial charge in [-0.1, -0.05) is 63.5 Å². The number of hydrogen-bond donors (Lipinski definition) is 0. The summed E-state index contributed by atoms with van der Waals surface area (Å²) in [4.78, 5) is 0. The first-order chi connectivity index (χ1) is 9.92. The maximum atomic E-state index is 12.0. The Morgan fingerprint density at radius 3 is 1.67 bits per heavy atom. The Kier molecular flexibility index (Phi) is 13.2. The fraction of sp³-hybridized carbons (Fsp3) is 0.875. The van der Waals surface area contributed by atoms with E-state index in [1.807, 2.05) is 6.92 Å². The molecule has 0 rings (SSSR count). The largest absolute Gasteiger partial charge is 0.616 e. The summed E-state index contributed by atoms with van der Waals surface area (Å²) in [5.41, 5.74) is 1.06. The highest BCUT2D eigenvalue weighted by Gasteiger charge is 2.35. The fourth-order valence-corrected chi connectivity index (χ4v) is 2.84. The molecule has 126 valence electrons. The van der Waals surface area contributed by atoms with E-state index < -0.39 is 15.1 Å². The molecule has 0 aromatic carbocycles. The van der Waals surface area contributed by atoms with E-state index in [9.17, 15) is 12.3 Å². The molecular weight excluding hydrogens is 293 g/mol. The molecule has 5 heteroatoms. The van der Waals surface area contributed by atoms with Crippen LogP contribution in [0, 0.1) is 0 Å². The Morgan fingerprint density at radius 2 is 1.24 bits per heavy atom. The quantitative estimate of drug-likeness (QED) is 0.148. The third-order valence-corrected chi connectivity index (χ3v) is 4.27. The standard InChI is InChI=1S/C16H31F3OSi/c1-16(2)15-20-13-11-9-7-5-3-4-6-8-10-12-14-21(17,18)19/h1,3-15H2,2H3. The number of halogens is 3. The van der Waals surface area contributed by atoms with Crippen molar-refractivity contribution in [1.29, 1.82) is 0 Å². The van der Waals surface area contributed by atoms with Gasteiger partial charge < -0.3 is 4.74 Å². The van der Waals surface area contributed by atoms with Gasteiger partial charge in [-0.15, -0.1) is 0 Å². The predicted molar refractivity (Wildman–Crippen MR) is 85.7 cm³/mol. The topological polar surface area (TPSA) is 9.23 Å². The molecule has 0 heterocycles. The van der Waals surface area contributed by atoms with Crippen LogP contribution < -0.4 is 0 Å². The van der Waals surface area contributed by atoms with Gasteiger partial charge in [-0.2, -0.15) is 0 Å². The lowest BCUT2D eigenvalue weighted by atomic mass is 10.1. The summed E-state index contributed by atoms with van der Waals surface area (Å²) in [5.74, 6) is 0. The van der Waals surface area contributed by atoms with Gasteiger partial charge in [0.05, 0.1) is 6.61 Å². The molecule has 0 unspecified atom stereocenters. The van der Waals surface area contributed by atoms with E-state index in [-0.39, 0.29) is 0 Å². The Balaban J connectivity index is 3.04. The normalized spacial score (nSPS) is 11.8. The van der Waals surface area contributed by atoms with Crippen LogP contribution in [0.4, 0.5) is 12.3 Å². The summed E-state index contributed by atoms with van der Waals surface area (Å²) < 4.78 is 41.6. The monoisotopic (exact) mass is 324 g/mol. The van der Waals surface area contributed by atoms with Gasteiger partial charge in [0, 0.05) is 12.7 Å². The number of unbranched alkanes of at least 4 members (excludes halogenated alkanes) is 9. The summed E-state index contributed by atoms with van der Waals surface area (Å²) in [6.07, 6.45) is 10.3. The third-order valence-electron chi connectivity index (χ3n) is 3.35. The smallest absolute Gasteiger partial charge is 0.377 e. The first-order valence-electron chi connectivity index (χ1n) is 8.20. The van der Waals surface area contributed by atoms with Crippen LogP contribution in [0.5, 0.6) is 0 Å². The summed E-state index contributed by atoms with van der Waals surface area (Å²) in [6.45, 7) is 7.22. The zero-order chi connectivity index (χ0) is 16.0. The Morgan fingerprint density at radius 1 is 0.810 bits per heavy atom. The molecule has 0 aliphatic rings. The van der Waals surface area contributed by atoms with Gasteiger partial charge in [0.1, 0.15) is 0 Å². The van der Waals surface area contributed by atoms with Crippen molar-refractivity contribution in [1.82, 2.24) is 0 Å². The van der Waals surface area contributed by atoms with Crippen LogP contribution in [-0.2, 0) is 4.74 Å². The highest BCUT2D eigenvalue weighted by Crippen LogP contribution is 2.19. The molecule has 1 nitrogen and oxygen atoms in total. The molecule has 0 saturated carbocycles. The van der Waals surface area contributed by atoms with Crippen molar-refractivity contribution in [2.45, 2.75) is 77.2 Å². The Bertz CT molecular complexity index is 254. The summed E-state index contributed by atoms with van der Waals surface area (Å²) in [5, 5.41) is 0. The van der Waals surface area contributed by atoms with Crippen molar-refractivity contribution < 1.29 is 17.1 Å². The van der Waals surface area contributed by atoms with Gasteiger partial charge in [-0.25, -0.2) is 12.3 Å². The van der Waals surface area contributed by atoms with E-state index >= 15 is 0 Å². The molecule has 0 fully saturated rings. The van der Waals surface area contributed by atoms with Crippen molar-refractivity contribution in [2.24, 2.45) is 0 Å². The number of ether oxygens (including phenoxy) is 1. The zero-order valence-electron chi connectivity index (χ0n) is 13.4. The van der Waals surface area contributed by atoms with E-state index in [0.717, 1.165) is 44.3 Å². The highest BCUT2D eigenvalue weighted by molar-refractivity contribution is 6.58. The predicted octanol–water partition coefficient (Wildman–Crippen LogP) is 6.33. The van der Waals surface area contributed by atoms with E-state index in [4.69, 9.17) is 4.74 Å². The van der Waals surface area contributed by atoms with Gasteiger partial charge in [0.15, 0.2) is 0 Å². The minimum absolute atomic E-state index is 0.347. The Labute approximate surface area is 129 Å². The first kappa shape index (κ1) is 20.7. The lowest BCUT2D eigenvalue weighted by Gasteiger charge is -2.04. The third kappa shape index (κ3) is 19.7. The van der Waals surface area contributed by atoms with E-state index in [2.05, 4.69) is 6.58 Å². The van der Waals surface area contributed by atoms with Crippen LogP contribution in [0.3, 0.4) is 0 Å². The van der Waals surface area contributed by atoms with Crippen molar-refractivity contribution in [3.8, 4) is 0 Å². The second kappa shape index (κ2) is 13.4.